The summed E-state index contributed by atoms with van der Waals surface area (Å²) in [4.78, 5) is 26.3. The number of carbonyl (C=O) groups excluding carboxylic acids is 1. The Morgan fingerprint density at radius 2 is 2.33 bits per heavy atom. The number of ether oxygens (including phenoxy) is 1. The second-order valence-electron chi connectivity index (χ2n) is 6.72. The minimum absolute atomic E-state index is 0.0222. The first-order chi connectivity index (χ1) is 13.1. The van der Waals surface area contributed by atoms with Crippen molar-refractivity contribution in [2.45, 2.75) is 32.4 Å². The average molecular weight is 403 g/mol. The number of thiophene rings is 2. The highest BCUT2D eigenvalue weighted by atomic mass is 32.1. The van der Waals surface area contributed by atoms with Crippen LogP contribution in [0.1, 0.15) is 33.0 Å². The van der Waals surface area contributed by atoms with Gasteiger partial charge in [0.2, 0.25) is 0 Å². The Labute approximate surface area is 166 Å². The molecule has 1 aliphatic heterocycles. The third-order valence-electron chi connectivity index (χ3n) is 4.76. The topological polar surface area (TPSA) is 67.4 Å². The predicted molar refractivity (Wildman–Crippen MR) is 110 cm³/mol. The molecule has 0 unspecified atom stereocenters. The first kappa shape index (κ1) is 18.3. The zero-order chi connectivity index (χ0) is 18.8. The number of fused-ring (bicyclic) bond motifs is 1. The van der Waals surface area contributed by atoms with Gasteiger partial charge in [0, 0.05) is 25.1 Å². The number of amides is 1. The molecule has 3 aromatic rings. The van der Waals surface area contributed by atoms with Crippen LogP contribution in [0.3, 0.4) is 0 Å². The number of carbonyl (C=O) groups is 1. The number of aromatic nitrogens is 2. The van der Waals surface area contributed by atoms with Crippen LogP contribution in [0.4, 0.5) is 5.82 Å². The van der Waals surface area contributed by atoms with E-state index in [1.54, 1.807) is 22.6 Å². The summed E-state index contributed by atoms with van der Waals surface area (Å²) in [6.45, 7) is 4.15. The largest absolute Gasteiger partial charge is 0.376 e. The fourth-order valence-corrected chi connectivity index (χ4v) is 5.21. The van der Waals surface area contributed by atoms with Gasteiger partial charge < -0.3 is 15.0 Å². The molecule has 0 bridgehead atoms. The molecule has 1 N–H and O–H groups in total. The molecule has 0 aromatic carbocycles. The standard InChI is InChI=1S/C19H22N4O2S2/c1-12-15-17(20-9-13-5-3-7-25-13)21-11-22-18(15)27-16(12)19(24)23(2)10-14-6-4-8-26-14/h4,6,8,11,13H,3,5,7,9-10H2,1-2H3,(H,20,21,22)/t13-/m1/s1. The van der Waals surface area contributed by atoms with Crippen molar-refractivity contribution in [1.29, 1.82) is 0 Å². The zero-order valence-corrected chi connectivity index (χ0v) is 17.0. The van der Waals surface area contributed by atoms with Crippen molar-refractivity contribution in [2.24, 2.45) is 0 Å². The summed E-state index contributed by atoms with van der Waals surface area (Å²) in [5.74, 6) is 0.804. The van der Waals surface area contributed by atoms with Gasteiger partial charge in [-0.15, -0.1) is 22.7 Å². The quantitative estimate of drug-likeness (QED) is 0.677. The lowest BCUT2D eigenvalue weighted by Gasteiger charge is -2.15. The van der Waals surface area contributed by atoms with E-state index in [0.717, 1.165) is 52.5 Å². The molecular formula is C19H22N4O2S2. The molecule has 0 saturated carbocycles. The SMILES string of the molecule is Cc1c(C(=O)N(C)Cc2cccs2)sc2ncnc(NC[C@H]3CCCO3)c12. The molecule has 4 heterocycles. The van der Waals surface area contributed by atoms with Crippen molar-refractivity contribution in [3.63, 3.8) is 0 Å². The molecule has 3 aromatic heterocycles. The molecule has 0 spiro atoms. The number of aryl methyl sites for hydroxylation is 1. The summed E-state index contributed by atoms with van der Waals surface area (Å²) < 4.78 is 5.68. The molecule has 1 amide bonds. The van der Waals surface area contributed by atoms with Crippen LogP contribution in [0.25, 0.3) is 10.2 Å². The lowest BCUT2D eigenvalue weighted by molar-refractivity contribution is 0.0790. The average Bonchev–Trinajstić information content (AvgIpc) is 3.41. The summed E-state index contributed by atoms with van der Waals surface area (Å²) >= 11 is 3.09. The van der Waals surface area contributed by atoms with Crippen LogP contribution in [0.2, 0.25) is 0 Å². The minimum Gasteiger partial charge on any atom is -0.376 e. The van der Waals surface area contributed by atoms with E-state index in [9.17, 15) is 4.79 Å². The lowest BCUT2D eigenvalue weighted by Crippen LogP contribution is -2.25. The number of hydrogen-bond donors (Lipinski definition) is 1. The normalized spacial score (nSPS) is 16.7. The van der Waals surface area contributed by atoms with Gasteiger partial charge in [-0.3, -0.25) is 4.79 Å². The van der Waals surface area contributed by atoms with Crippen molar-refractivity contribution >= 4 is 44.6 Å². The van der Waals surface area contributed by atoms with Gasteiger partial charge in [-0.1, -0.05) is 6.07 Å². The number of rotatable bonds is 6. The van der Waals surface area contributed by atoms with Crippen LogP contribution in [-0.4, -0.2) is 47.1 Å². The van der Waals surface area contributed by atoms with E-state index >= 15 is 0 Å². The van der Waals surface area contributed by atoms with Gasteiger partial charge in [0.25, 0.3) is 5.91 Å². The smallest absolute Gasteiger partial charge is 0.264 e. The van der Waals surface area contributed by atoms with Gasteiger partial charge in [0.1, 0.15) is 17.0 Å². The second-order valence-corrected chi connectivity index (χ2v) is 8.75. The van der Waals surface area contributed by atoms with E-state index in [2.05, 4.69) is 15.3 Å². The molecule has 142 valence electrons. The van der Waals surface area contributed by atoms with Crippen LogP contribution in [0.5, 0.6) is 0 Å². The van der Waals surface area contributed by atoms with Crippen LogP contribution < -0.4 is 5.32 Å². The maximum absolute atomic E-state index is 13.0. The van der Waals surface area contributed by atoms with Gasteiger partial charge in [-0.2, -0.15) is 0 Å². The van der Waals surface area contributed by atoms with Gasteiger partial charge in [0.15, 0.2) is 0 Å². The van der Waals surface area contributed by atoms with Crippen LogP contribution >= 0.6 is 22.7 Å². The Hall–Kier alpha value is -2.03. The van der Waals surface area contributed by atoms with Crippen molar-refractivity contribution in [3.8, 4) is 0 Å². The summed E-state index contributed by atoms with van der Waals surface area (Å²) in [7, 11) is 1.84. The number of anilines is 1. The first-order valence-electron chi connectivity index (χ1n) is 9.01. The van der Waals surface area contributed by atoms with Crippen molar-refractivity contribution < 1.29 is 9.53 Å². The van der Waals surface area contributed by atoms with Gasteiger partial charge >= 0.3 is 0 Å². The number of nitrogens with one attached hydrogen (secondary N) is 1. The fraction of sp³-hybridized carbons (Fsp3) is 0.421. The molecule has 4 rings (SSSR count). The molecule has 6 nitrogen and oxygen atoms in total. The first-order valence-corrected chi connectivity index (χ1v) is 10.7. The van der Waals surface area contributed by atoms with E-state index in [-0.39, 0.29) is 12.0 Å². The highest BCUT2D eigenvalue weighted by Crippen LogP contribution is 2.34. The Bertz CT molecular complexity index is 933. The van der Waals surface area contributed by atoms with E-state index in [4.69, 9.17) is 4.74 Å². The van der Waals surface area contributed by atoms with Gasteiger partial charge in [-0.05, 0) is 36.8 Å². The molecule has 1 aliphatic rings. The number of nitrogens with zero attached hydrogens (tertiary/aromatic N) is 3. The maximum atomic E-state index is 13.0. The highest BCUT2D eigenvalue weighted by Gasteiger charge is 2.23. The minimum atomic E-state index is 0.0222. The molecule has 27 heavy (non-hydrogen) atoms. The second kappa shape index (κ2) is 7.92. The van der Waals surface area contributed by atoms with E-state index < -0.39 is 0 Å². The van der Waals surface area contributed by atoms with Gasteiger partial charge in [0.05, 0.1) is 22.9 Å². The molecule has 1 saturated heterocycles. The Morgan fingerprint density at radius 1 is 1.44 bits per heavy atom. The Kier molecular flexibility index (Phi) is 5.38. The van der Waals surface area contributed by atoms with Crippen LogP contribution in [0.15, 0.2) is 23.8 Å². The highest BCUT2D eigenvalue weighted by molar-refractivity contribution is 7.20. The summed E-state index contributed by atoms with van der Waals surface area (Å²) in [5.41, 5.74) is 0.938. The van der Waals surface area contributed by atoms with E-state index in [1.807, 2.05) is 31.5 Å². The monoisotopic (exact) mass is 402 g/mol. The lowest BCUT2D eigenvalue weighted by atomic mass is 10.2. The third kappa shape index (κ3) is 3.83. The molecular weight excluding hydrogens is 380 g/mol. The van der Waals surface area contributed by atoms with Crippen molar-refractivity contribution in [1.82, 2.24) is 14.9 Å². The van der Waals surface area contributed by atoms with Crippen LogP contribution in [0, 0.1) is 6.92 Å². The van der Waals surface area contributed by atoms with Crippen molar-refractivity contribution in [2.75, 3.05) is 25.5 Å². The fourth-order valence-electron chi connectivity index (χ4n) is 3.31. The third-order valence-corrected chi connectivity index (χ3v) is 6.81. The zero-order valence-electron chi connectivity index (χ0n) is 15.4. The van der Waals surface area contributed by atoms with Crippen LogP contribution in [-0.2, 0) is 11.3 Å². The Balaban J connectivity index is 1.57. The maximum Gasteiger partial charge on any atom is 0.264 e. The Morgan fingerprint density at radius 3 is 3.07 bits per heavy atom. The predicted octanol–water partition coefficient (Wildman–Crippen LogP) is 3.92. The summed E-state index contributed by atoms with van der Waals surface area (Å²) in [6, 6.07) is 4.05. The molecule has 0 radical (unpaired) electrons. The molecule has 1 atom stereocenters. The molecule has 0 aliphatic carbocycles. The number of hydrogen-bond acceptors (Lipinski definition) is 7. The summed E-state index contributed by atoms with van der Waals surface area (Å²) in [6.07, 6.45) is 3.96. The van der Waals surface area contributed by atoms with E-state index in [1.165, 1.54) is 16.2 Å². The van der Waals surface area contributed by atoms with E-state index in [0.29, 0.717) is 6.54 Å². The summed E-state index contributed by atoms with van der Waals surface area (Å²) in [5, 5.41) is 6.36. The van der Waals surface area contributed by atoms with Gasteiger partial charge in [-0.25, -0.2) is 9.97 Å². The molecule has 8 heteroatoms. The molecule has 1 fully saturated rings. The van der Waals surface area contributed by atoms with Crippen molar-refractivity contribution in [3.05, 3.63) is 39.2 Å².